The van der Waals surface area contributed by atoms with Crippen molar-refractivity contribution in [2.45, 2.75) is 70.5 Å². The molecule has 1 fully saturated rings. The normalized spacial score (nSPS) is 19.7. The van der Waals surface area contributed by atoms with Gasteiger partial charge in [0.25, 0.3) is 0 Å². The Morgan fingerprint density at radius 1 is 1.28 bits per heavy atom. The largest absolute Gasteiger partial charge is 0.480 e. The fourth-order valence-corrected chi connectivity index (χ4v) is 3.11. The smallest absolute Gasteiger partial charge is 0.326 e. The maximum atomic E-state index is 12.5. The Kier molecular flexibility index (Phi) is 8.85. The molecule has 0 bridgehead atoms. The molecule has 1 aliphatic rings. The van der Waals surface area contributed by atoms with Crippen molar-refractivity contribution < 1.29 is 19.5 Å². The first-order chi connectivity index (χ1) is 11.8. The van der Waals surface area contributed by atoms with Gasteiger partial charge in [-0.2, -0.15) is 0 Å². The van der Waals surface area contributed by atoms with Crippen LogP contribution in [-0.2, 0) is 14.4 Å². The van der Waals surface area contributed by atoms with Gasteiger partial charge in [0, 0.05) is 6.54 Å². The predicted molar refractivity (Wildman–Crippen MR) is 94.6 cm³/mol. The number of rotatable bonds is 10. The number of carboxylic acids is 1. The lowest BCUT2D eigenvalue weighted by Gasteiger charge is -2.28. The molecule has 0 spiro atoms. The number of carboxylic acid groups (broad SMARTS) is 1. The predicted octanol–water partition coefficient (Wildman–Crippen LogP) is 0.0492. The molecule has 3 atom stereocenters. The monoisotopic (exact) mass is 356 g/mol. The van der Waals surface area contributed by atoms with Crippen LogP contribution in [0.25, 0.3) is 0 Å². The molecule has 1 heterocycles. The van der Waals surface area contributed by atoms with Crippen LogP contribution < -0.4 is 16.8 Å². The van der Waals surface area contributed by atoms with Crippen LogP contribution in [0.2, 0.25) is 0 Å². The van der Waals surface area contributed by atoms with Gasteiger partial charge in [0.1, 0.15) is 12.1 Å². The zero-order valence-electron chi connectivity index (χ0n) is 15.2. The highest BCUT2D eigenvalue weighted by atomic mass is 16.4. The summed E-state index contributed by atoms with van der Waals surface area (Å²) in [6.45, 7) is 4.83. The molecule has 3 unspecified atom stereocenters. The van der Waals surface area contributed by atoms with Gasteiger partial charge in [-0.1, -0.05) is 20.3 Å². The molecule has 1 saturated heterocycles. The van der Waals surface area contributed by atoms with Gasteiger partial charge >= 0.3 is 5.97 Å². The molecule has 1 rings (SSSR count). The van der Waals surface area contributed by atoms with Gasteiger partial charge in [0.15, 0.2) is 0 Å². The average molecular weight is 356 g/mol. The molecule has 25 heavy (non-hydrogen) atoms. The van der Waals surface area contributed by atoms with E-state index in [4.69, 9.17) is 11.5 Å². The summed E-state index contributed by atoms with van der Waals surface area (Å²) < 4.78 is 0. The third-order valence-corrected chi connectivity index (χ3v) is 4.45. The third-order valence-electron chi connectivity index (χ3n) is 4.45. The maximum absolute atomic E-state index is 12.5. The Labute approximate surface area is 149 Å². The van der Waals surface area contributed by atoms with Crippen LogP contribution >= 0.6 is 0 Å². The number of carbonyl (C=O) groups excluding carboxylic acids is 2. The minimum atomic E-state index is -1.06. The van der Waals surface area contributed by atoms with Crippen LogP contribution in [-0.4, -0.2) is 59.0 Å². The fourth-order valence-electron chi connectivity index (χ4n) is 3.11. The summed E-state index contributed by atoms with van der Waals surface area (Å²) in [4.78, 5) is 37.9. The molecule has 1 aliphatic heterocycles. The van der Waals surface area contributed by atoms with E-state index in [1.54, 1.807) is 0 Å². The number of hydrogen-bond donors (Lipinski definition) is 4. The highest BCUT2D eigenvalue weighted by molar-refractivity contribution is 5.92. The third kappa shape index (κ3) is 6.62. The minimum absolute atomic E-state index is 0.138. The van der Waals surface area contributed by atoms with Gasteiger partial charge in [-0.3, -0.25) is 9.59 Å². The molecular formula is C17H32N4O4. The topological polar surface area (TPSA) is 139 Å². The van der Waals surface area contributed by atoms with E-state index in [9.17, 15) is 19.5 Å². The molecule has 0 aliphatic carbocycles. The Morgan fingerprint density at radius 3 is 2.52 bits per heavy atom. The molecule has 0 aromatic carbocycles. The highest BCUT2D eigenvalue weighted by Gasteiger charge is 2.37. The standard InChI is InChI=1S/C17H32N4O4/c1-11(2)10-13(17(24)25)20-15(22)14-7-5-9-21(14)16(23)12(19)6-3-4-8-18/h11-14H,3-10,18-19H2,1-2H3,(H,20,22)(H,24,25). The molecule has 6 N–H and O–H groups in total. The molecule has 144 valence electrons. The number of likely N-dealkylation sites (tertiary alicyclic amines) is 1. The zero-order chi connectivity index (χ0) is 19.0. The van der Waals surface area contributed by atoms with Crippen molar-refractivity contribution in [3.8, 4) is 0 Å². The van der Waals surface area contributed by atoms with E-state index in [1.165, 1.54) is 4.90 Å². The van der Waals surface area contributed by atoms with Crippen LogP contribution in [0.1, 0.15) is 52.4 Å². The van der Waals surface area contributed by atoms with Crippen molar-refractivity contribution in [1.82, 2.24) is 10.2 Å². The number of aliphatic carboxylic acids is 1. The number of nitrogens with one attached hydrogen (secondary N) is 1. The van der Waals surface area contributed by atoms with Gasteiger partial charge in [-0.25, -0.2) is 4.79 Å². The van der Waals surface area contributed by atoms with Gasteiger partial charge in [0.05, 0.1) is 6.04 Å². The summed E-state index contributed by atoms with van der Waals surface area (Å²) in [7, 11) is 0. The Bertz CT molecular complexity index is 470. The fraction of sp³-hybridized carbons (Fsp3) is 0.824. The first-order valence-electron chi connectivity index (χ1n) is 9.07. The van der Waals surface area contributed by atoms with Crippen LogP contribution in [0.3, 0.4) is 0 Å². The number of carbonyl (C=O) groups is 3. The molecule has 0 radical (unpaired) electrons. The number of unbranched alkanes of at least 4 members (excludes halogenated alkanes) is 1. The molecule has 2 amide bonds. The summed E-state index contributed by atoms with van der Waals surface area (Å²) >= 11 is 0. The van der Waals surface area contributed by atoms with E-state index in [0.717, 1.165) is 12.8 Å². The van der Waals surface area contributed by atoms with E-state index < -0.39 is 30.0 Å². The van der Waals surface area contributed by atoms with Crippen molar-refractivity contribution in [1.29, 1.82) is 0 Å². The van der Waals surface area contributed by atoms with Crippen molar-refractivity contribution >= 4 is 17.8 Å². The van der Waals surface area contributed by atoms with Crippen LogP contribution in [0.15, 0.2) is 0 Å². The Balaban J connectivity index is 2.67. The lowest BCUT2D eigenvalue weighted by Crippen LogP contribution is -2.54. The second-order valence-corrected chi connectivity index (χ2v) is 7.11. The highest BCUT2D eigenvalue weighted by Crippen LogP contribution is 2.20. The van der Waals surface area contributed by atoms with Crippen LogP contribution in [0.5, 0.6) is 0 Å². The summed E-state index contributed by atoms with van der Waals surface area (Å²) in [5.74, 6) is -1.58. The molecule has 0 aromatic heterocycles. The summed E-state index contributed by atoms with van der Waals surface area (Å²) in [5.41, 5.74) is 11.4. The van der Waals surface area contributed by atoms with E-state index >= 15 is 0 Å². The lowest BCUT2D eigenvalue weighted by atomic mass is 10.0. The summed E-state index contributed by atoms with van der Waals surface area (Å²) in [6, 6.07) is -2.23. The van der Waals surface area contributed by atoms with Gasteiger partial charge in [0.2, 0.25) is 11.8 Å². The van der Waals surface area contributed by atoms with Crippen molar-refractivity contribution in [2.24, 2.45) is 17.4 Å². The van der Waals surface area contributed by atoms with Crippen molar-refractivity contribution in [3.63, 3.8) is 0 Å². The average Bonchev–Trinajstić information content (AvgIpc) is 3.02. The van der Waals surface area contributed by atoms with E-state index in [1.807, 2.05) is 13.8 Å². The van der Waals surface area contributed by atoms with E-state index in [2.05, 4.69) is 5.32 Å². The number of hydrogen-bond acceptors (Lipinski definition) is 5. The quantitative estimate of drug-likeness (QED) is 0.408. The number of nitrogens with zero attached hydrogens (tertiary/aromatic N) is 1. The maximum Gasteiger partial charge on any atom is 0.326 e. The van der Waals surface area contributed by atoms with Gasteiger partial charge in [-0.15, -0.1) is 0 Å². The Hall–Kier alpha value is -1.67. The lowest BCUT2D eigenvalue weighted by molar-refractivity contribution is -0.144. The zero-order valence-corrected chi connectivity index (χ0v) is 15.2. The molecule has 8 heteroatoms. The van der Waals surface area contributed by atoms with E-state index in [0.29, 0.717) is 38.8 Å². The Morgan fingerprint density at radius 2 is 1.96 bits per heavy atom. The molecule has 0 aromatic rings. The number of amides is 2. The SMILES string of the molecule is CC(C)CC(NC(=O)C1CCCN1C(=O)C(N)CCCCN)C(=O)O. The first-order valence-corrected chi connectivity index (χ1v) is 9.07. The van der Waals surface area contributed by atoms with Crippen molar-refractivity contribution in [3.05, 3.63) is 0 Å². The molecule has 8 nitrogen and oxygen atoms in total. The minimum Gasteiger partial charge on any atom is -0.480 e. The first kappa shape index (κ1) is 21.4. The van der Waals surface area contributed by atoms with Gasteiger partial charge in [-0.05, 0) is 44.6 Å². The molecular weight excluding hydrogens is 324 g/mol. The van der Waals surface area contributed by atoms with Gasteiger partial charge < -0.3 is 26.8 Å². The molecule has 0 saturated carbocycles. The summed E-state index contributed by atoms with van der Waals surface area (Å²) in [6.07, 6.45) is 3.69. The second-order valence-electron chi connectivity index (χ2n) is 7.11. The summed E-state index contributed by atoms with van der Waals surface area (Å²) in [5, 5.41) is 11.8. The second kappa shape index (κ2) is 10.4. The van der Waals surface area contributed by atoms with Crippen LogP contribution in [0.4, 0.5) is 0 Å². The number of nitrogens with two attached hydrogens (primary N) is 2. The van der Waals surface area contributed by atoms with E-state index in [-0.39, 0.29) is 11.8 Å². The van der Waals surface area contributed by atoms with Crippen molar-refractivity contribution in [2.75, 3.05) is 13.1 Å². The van der Waals surface area contributed by atoms with Crippen LogP contribution in [0, 0.1) is 5.92 Å².